The van der Waals surface area contributed by atoms with Crippen molar-refractivity contribution < 1.29 is 19.0 Å². The number of rotatable bonds is 9. The zero-order valence-electron chi connectivity index (χ0n) is 18.6. The van der Waals surface area contributed by atoms with E-state index in [-0.39, 0.29) is 29.9 Å². The second-order valence-electron chi connectivity index (χ2n) is 6.39. The van der Waals surface area contributed by atoms with Gasteiger partial charge in [0, 0.05) is 38.3 Å². The average Bonchev–Trinajstić information content (AvgIpc) is 2.80. The van der Waals surface area contributed by atoms with Gasteiger partial charge in [0.15, 0.2) is 5.96 Å². The van der Waals surface area contributed by atoms with Crippen molar-refractivity contribution in [2.24, 2.45) is 4.99 Å². The standard InChI is InChI=1S/C22H30N4O4.HI/c1-23-21(27)16-8-6-7-15(11-16)9-10-25-22(24-2)26-14-18-19(29-4)12-17(28-3)13-20(18)30-5;/h6-8,11-13H,9-10,14H2,1-5H3,(H,23,27)(H2,24,25,26);1H. The molecule has 0 fully saturated rings. The van der Waals surface area contributed by atoms with Crippen molar-refractivity contribution in [3.05, 3.63) is 53.1 Å². The lowest BCUT2D eigenvalue weighted by Gasteiger charge is -2.17. The zero-order chi connectivity index (χ0) is 21.9. The molecule has 8 nitrogen and oxygen atoms in total. The molecular formula is C22H31IN4O4. The molecule has 1 amide bonds. The smallest absolute Gasteiger partial charge is 0.251 e. The molecule has 170 valence electrons. The van der Waals surface area contributed by atoms with Crippen LogP contribution >= 0.6 is 24.0 Å². The van der Waals surface area contributed by atoms with Crippen LogP contribution in [-0.2, 0) is 13.0 Å². The molecule has 0 heterocycles. The second-order valence-corrected chi connectivity index (χ2v) is 6.39. The Kier molecular flexibility index (Phi) is 11.5. The van der Waals surface area contributed by atoms with Gasteiger partial charge in [0.05, 0.1) is 33.4 Å². The highest BCUT2D eigenvalue weighted by Gasteiger charge is 2.14. The van der Waals surface area contributed by atoms with Crippen LogP contribution in [0.3, 0.4) is 0 Å². The van der Waals surface area contributed by atoms with E-state index in [2.05, 4.69) is 20.9 Å². The average molecular weight is 542 g/mol. The minimum absolute atomic E-state index is 0. The number of methoxy groups -OCH3 is 3. The normalized spacial score (nSPS) is 10.5. The molecule has 0 aromatic heterocycles. The van der Waals surface area contributed by atoms with Gasteiger partial charge in [0.25, 0.3) is 5.91 Å². The lowest BCUT2D eigenvalue weighted by atomic mass is 10.1. The Bertz CT molecular complexity index is 865. The van der Waals surface area contributed by atoms with Gasteiger partial charge in [-0.3, -0.25) is 9.79 Å². The third-order valence-electron chi connectivity index (χ3n) is 4.60. The van der Waals surface area contributed by atoms with Gasteiger partial charge in [-0.2, -0.15) is 0 Å². The van der Waals surface area contributed by atoms with Gasteiger partial charge in [-0.15, -0.1) is 24.0 Å². The fourth-order valence-corrected chi connectivity index (χ4v) is 2.98. The van der Waals surface area contributed by atoms with Gasteiger partial charge < -0.3 is 30.2 Å². The molecule has 0 radical (unpaired) electrons. The summed E-state index contributed by atoms with van der Waals surface area (Å²) >= 11 is 0. The highest BCUT2D eigenvalue weighted by atomic mass is 127. The molecule has 9 heteroatoms. The maximum atomic E-state index is 11.8. The molecule has 0 atom stereocenters. The highest BCUT2D eigenvalue weighted by Crippen LogP contribution is 2.33. The third-order valence-corrected chi connectivity index (χ3v) is 4.60. The SMILES string of the molecule is CN=C(NCCc1cccc(C(=O)NC)c1)NCc1c(OC)cc(OC)cc1OC.I. The van der Waals surface area contributed by atoms with E-state index in [1.54, 1.807) is 41.5 Å². The first-order chi connectivity index (χ1) is 14.6. The van der Waals surface area contributed by atoms with Crippen LogP contribution in [0.4, 0.5) is 0 Å². The molecule has 0 unspecified atom stereocenters. The predicted molar refractivity (Wildman–Crippen MR) is 133 cm³/mol. The zero-order valence-corrected chi connectivity index (χ0v) is 20.9. The van der Waals surface area contributed by atoms with Crippen LogP contribution in [0.5, 0.6) is 17.2 Å². The number of guanidine groups is 1. The number of benzene rings is 2. The Morgan fingerprint density at radius 3 is 2.23 bits per heavy atom. The first-order valence-corrected chi connectivity index (χ1v) is 9.60. The Morgan fingerprint density at radius 1 is 1.00 bits per heavy atom. The maximum absolute atomic E-state index is 11.8. The van der Waals surface area contributed by atoms with E-state index in [4.69, 9.17) is 14.2 Å². The van der Waals surface area contributed by atoms with Crippen molar-refractivity contribution in [2.45, 2.75) is 13.0 Å². The minimum Gasteiger partial charge on any atom is -0.496 e. The Morgan fingerprint density at radius 2 is 1.68 bits per heavy atom. The van der Waals surface area contributed by atoms with Gasteiger partial charge in [-0.1, -0.05) is 12.1 Å². The molecule has 2 aromatic rings. The first kappa shape index (κ1) is 26.3. The van der Waals surface area contributed by atoms with Crippen molar-refractivity contribution >= 4 is 35.8 Å². The van der Waals surface area contributed by atoms with Crippen LogP contribution in [0.25, 0.3) is 0 Å². The summed E-state index contributed by atoms with van der Waals surface area (Å²) in [7, 11) is 8.15. The largest absolute Gasteiger partial charge is 0.496 e. The quantitative estimate of drug-likeness (QED) is 0.257. The number of hydrogen-bond acceptors (Lipinski definition) is 5. The van der Waals surface area contributed by atoms with Crippen molar-refractivity contribution in [1.29, 1.82) is 0 Å². The van der Waals surface area contributed by atoms with E-state index in [0.717, 1.165) is 17.5 Å². The molecule has 31 heavy (non-hydrogen) atoms. The summed E-state index contributed by atoms with van der Waals surface area (Å²) in [5.41, 5.74) is 2.58. The van der Waals surface area contributed by atoms with Gasteiger partial charge in [-0.05, 0) is 24.1 Å². The van der Waals surface area contributed by atoms with Crippen molar-refractivity contribution in [1.82, 2.24) is 16.0 Å². The summed E-state index contributed by atoms with van der Waals surface area (Å²) in [5, 5.41) is 9.19. The molecule has 2 rings (SSSR count). The fourth-order valence-electron chi connectivity index (χ4n) is 2.98. The highest BCUT2D eigenvalue weighted by molar-refractivity contribution is 14.0. The molecule has 3 N–H and O–H groups in total. The Balaban J connectivity index is 0.00000480. The summed E-state index contributed by atoms with van der Waals surface area (Å²) in [6, 6.07) is 11.2. The number of ether oxygens (including phenoxy) is 3. The monoisotopic (exact) mass is 542 g/mol. The number of carbonyl (C=O) groups is 1. The second kappa shape index (κ2) is 13.6. The Labute approximate surface area is 200 Å². The first-order valence-electron chi connectivity index (χ1n) is 9.60. The summed E-state index contributed by atoms with van der Waals surface area (Å²) < 4.78 is 16.2. The molecule has 0 aliphatic rings. The Hall–Kier alpha value is -2.69. The van der Waals surface area contributed by atoms with Crippen molar-refractivity contribution in [3.8, 4) is 17.2 Å². The van der Waals surface area contributed by atoms with Gasteiger partial charge in [-0.25, -0.2) is 0 Å². The summed E-state index contributed by atoms with van der Waals surface area (Å²) in [5.74, 6) is 2.55. The topological polar surface area (TPSA) is 93.2 Å². The molecule has 0 saturated carbocycles. The summed E-state index contributed by atoms with van der Waals surface area (Å²) in [4.78, 5) is 16.0. The van der Waals surface area contributed by atoms with Crippen LogP contribution in [0.2, 0.25) is 0 Å². The molecule has 0 aliphatic heterocycles. The van der Waals surface area contributed by atoms with Crippen LogP contribution in [0, 0.1) is 0 Å². The lowest BCUT2D eigenvalue weighted by Crippen LogP contribution is -2.38. The van der Waals surface area contributed by atoms with E-state index in [1.807, 2.05) is 30.3 Å². The van der Waals surface area contributed by atoms with Gasteiger partial charge >= 0.3 is 0 Å². The van der Waals surface area contributed by atoms with Gasteiger partial charge in [0.2, 0.25) is 0 Å². The fraction of sp³-hybridized carbons (Fsp3) is 0.364. The number of halogens is 1. The summed E-state index contributed by atoms with van der Waals surface area (Å²) in [6.07, 6.45) is 0.751. The molecule has 2 aromatic carbocycles. The van der Waals surface area contributed by atoms with Crippen LogP contribution < -0.4 is 30.2 Å². The van der Waals surface area contributed by atoms with Crippen LogP contribution in [0.1, 0.15) is 21.5 Å². The number of aliphatic imine (C=N–C) groups is 1. The molecule has 0 aliphatic carbocycles. The molecule has 0 saturated heterocycles. The number of hydrogen-bond donors (Lipinski definition) is 3. The van der Waals surface area contributed by atoms with Crippen molar-refractivity contribution in [2.75, 3.05) is 42.0 Å². The molecule has 0 bridgehead atoms. The predicted octanol–water partition coefficient (Wildman–Crippen LogP) is 2.60. The lowest BCUT2D eigenvalue weighted by molar-refractivity contribution is 0.0963. The minimum atomic E-state index is -0.0929. The maximum Gasteiger partial charge on any atom is 0.251 e. The molecule has 0 spiro atoms. The van der Waals surface area contributed by atoms with E-state index in [0.29, 0.717) is 41.9 Å². The third kappa shape index (κ3) is 7.50. The van der Waals surface area contributed by atoms with Gasteiger partial charge in [0.1, 0.15) is 17.2 Å². The number of carbonyl (C=O) groups excluding carboxylic acids is 1. The molecular weight excluding hydrogens is 511 g/mol. The van der Waals surface area contributed by atoms with E-state index in [1.165, 1.54) is 0 Å². The number of amides is 1. The van der Waals surface area contributed by atoms with Crippen LogP contribution in [0.15, 0.2) is 41.4 Å². The van der Waals surface area contributed by atoms with E-state index < -0.39 is 0 Å². The number of nitrogens with one attached hydrogen (secondary N) is 3. The van der Waals surface area contributed by atoms with E-state index in [9.17, 15) is 4.79 Å². The van der Waals surface area contributed by atoms with Crippen molar-refractivity contribution in [3.63, 3.8) is 0 Å². The number of nitrogens with zero attached hydrogens (tertiary/aromatic N) is 1. The van der Waals surface area contributed by atoms with Crippen LogP contribution in [-0.4, -0.2) is 53.8 Å². The van der Waals surface area contributed by atoms with E-state index >= 15 is 0 Å². The summed E-state index contributed by atoms with van der Waals surface area (Å²) in [6.45, 7) is 1.12.